The number of carbonyl (C=O) groups is 1. The second kappa shape index (κ2) is 7.73. The van der Waals surface area contributed by atoms with Gasteiger partial charge in [0.25, 0.3) is 0 Å². The van der Waals surface area contributed by atoms with Crippen molar-refractivity contribution in [2.45, 2.75) is 31.5 Å². The molecule has 2 heterocycles. The van der Waals surface area contributed by atoms with Crippen LogP contribution < -0.4 is 10.6 Å². The van der Waals surface area contributed by atoms with Crippen LogP contribution in [0.3, 0.4) is 0 Å². The lowest BCUT2D eigenvalue weighted by molar-refractivity contribution is -0.136. The van der Waals surface area contributed by atoms with Gasteiger partial charge in [0.05, 0.1) is 23.0 Å². The van der Waals surface area contributed by atoms with Gasteiger partial charge in [-0.25, -0.2) is 14.5 Å². The summed E-state index contributed by atoms with van der Waals surface area (Å²) in [6.45, 7) is 1.04. The third-order valence-corrected chi connectivity index (χ3v) is 4.02. The molecule has 0 saturated carbocycles. The lowest BCUT2D eigenvalue weighted by atomic mass is 10.1. The van der Waals surface area contributed by atoms with Gasteiger partial charge in [0, 0.05) is 13.2 Å². The Balaban J connectivity index is 1.67. The highest BCUT2D eigenvalue weighted by Gasteiger charge is 2.34. The predicted molar refractivity (Wildman–Crippen MR) is 87.0 cm³/mol. The van der Waals surface area contributed by atoms with E-state index in [2.05, 4.69) is 20.7 Å². The zero-order valence-corrected chi connectivity index (χ0v) is 13.8. The predicted octanol–water partition coefficient (Wildman–Crippen LogP) is 2.98. The molecule has 0 bridgehead atoms. The van der Waals surface area contributed by atoms with E-state index in [9.17, 15) is 18.0 Å². The highest BCUT2D eigenvalue weighted by Crippen LogP contribution is 2.36. The Morgan fingerprint density at radius 3 is 2.88 bits per heavy atom. The molecule has 26 heavy (non-hydrogen) atoms. The molecule has 1 aliphatic heterocycles. The molecule has 1 unspecified atom stereocenters. The van der Waals surface area contributed by atoms with Crippen LogP contribution in [0.1, 0.15) is 24.8 Å². The molecule has 2 aromatic rings. The minimum Gasteiger partial charge on any atom is -0.378 e. The van der Waals surface area contributed by atoms with Gasteiger partial charge < -0.3 is 15.4 Å². The summed E-state index contributed by atoms with van der Waals surface area (Å²) in [5.41, 5.74) is -1.09. The summed E-state index contributed by atoms with van der Waals surface area (Å²) in [5.74, 6) is 0. The largest absolute Gasteiger partial charge is 0.418 e. The number of benzene rings is 1. The first-order valence-corrected chi connectivity index (χ1v) is 8.16. The van der Waals surface area contributed by atoms with Crippen LogP contribution in [-0.4, -0.2) is 40.1 Å². The number of nitrogens with zero attached hydrogens (tertiary/aromatic N) is 3. The third-order valence-electron chi connectivity index (χ3n) is 4.02. The average molecular weight is 369 g/mol. The topological polar surface area (TPSA) is 81.1 Å². The molecule has 0 spiro atoms. The van der Waals surface area contributed by atoms with E-state index in [1.165, 1.54) is 29.5 Å². The number of nitrogens with one attached hydrogen (secondary N) is 2. The Bertz CT molecular complexity index is 743. The first kappa shape index (κ1) is 18.2. The van der Waals surface area contributed by atoms with E-state index in [-0.39, 0.29) is 17.5 Å². The molecule has 0 radical (unpaired) electrons. The minimum absolute atomic E-state index is 0.1000. The molecule has 140 valence electrons. The first-order chi connectivity index (χ1) is 12.4. The number of alkyl halides is 3. The van der Waals surface area contributed by atoms with E-state index < -0.39 is 17.8 Å². The molecule has 1 saturated heterocycles. The normalized spacial score (nSPS) is 17.3. The fourth-order valence-electron chi connectivity index (χ4n) is 2.75. The molecule has 1 atom stereocenters. The van der Waals surface area contributed by atoms with Crippen LogP contribution in [0.25, 0.3) is 5.69 Å². The van der Waals surface area contributed by atoms with E-state index in [0.717, 1.165) is 18.9 Å². The van der Waals surface area contributed by atoms with Crippen LogP contribution >= 0.6 is 0 Å². The lowest BCUT2D eigenvalue weighted by Crippen LogP contribution is -2.32. The van der Waals surface area contributed by atoms with Crippen molar-refractivity contribution in [3.8, 4) is 5.69 Å². The number of urea groups is 1. The summed E-state index contributed by atoms with van der Waals surface area (Å²) in [5, 5.41) is 8.62. The maximum atomic E-state index is 13.3. The second-order valence-corrected chi connectivity index (χ2v) is 5.87. The molecule has 2 amide bonds. The van der Waals surface area contributed by atoms with Gasteiger partial charge in [-0.15, -0.1) is 0 Å². The number of hydrogen-bond donors (Lipinski definition) is 2. The molecule has 10 heteroatoms. The number of hydrogen-bond acceptors (Lipinski definition) is 4. The molecular weight excluding hydrogens is 351 g/mol. The standard InChI is InChI=1S/C16H18F3N5O2/c17-16(18,19)13-8-11(24-10-20-9-22-24)3-4-14(13)23-15(25)21-6-5-12-2-1-7-26-12/h3-4,8-10,12H,1-2,5-7H2,(H2,21,23,25). The van der Waals surface area contributed by atoms with Crippen LogP contribution in [0, 0.1) is 0 Å². The fraction of sp³-hybridized carbons (Fsp3) is 0.438. The van der Waals surface area contributed by atoms with Gasteiger partial charge in [0.1, 0.15) is 12.7 Å². The van der Waals surface area contributed by atoms with Crippen molar-refractivity contribution in [2.24, 2.45) is 0 Å². The van der Waals surface area contributed by atoms with E-state index in [0.29, 0.717) is 19.6 Å². The van der Waals surface area contributed by atoms with Gasteiger partial charge in [0.15, 0.2) is 0 Å². The van der Waals surface area contributed by atoms with Gasteiger partial charge in [-0.1, -0.05) is 0 Å². The molecule has 1 fully saturated rings. The molecule has 0 aliphatic carbocycles. The van der Waals surface area contributed by atoms with Gasteiger partial charge in [-0.2, -0.15) is 18.3 Å². The summed E-state index contributed by atoms with van der Waals surface area (Å²) >= 11 is 0. The summed E-state index contributed by atoms with van der Waals surface area (Å²) in [7, 11) is 0. The van der Waals surface area contributed by atoms with Crippen molar-refractivity contribution in [2.75, 3.05) is 18.5 Å². The van der Waals surface area contributed by atoms with Gasteiger partial charge in [0.2, 0.25) is 0 Å². The van der Waals surface area contributed by atoms with E-state index in [1.807, 2.05) is 0 Å². The van der Waals surface area contributed by atoms with Crippen LogP contribution in [0.4, 0.5) is 23.7 Å². The Kier molecular flexibility index (Phi) is 5.40. The average Bonchev–Trinajstić information content (AvgIpc) is 3.28. The Morgan fingerprint density at radius 2 is 2.23 bits per heavy atom. The van der Waals surface area contributed by atoms with Crippen LogP contribution in [-0.2, 0) is 10.9 Å². The first-order valence-electron chi connectivity index (χ1n) is 8.16. The lowest BCUT2D eigenvalue weighted by Gasteiger charge is -2.16. The van der Waals surface area contributed by atoms with Crippen molar-refractivity contribution >= 4 is 11.7 Å². The van der Waals surface area contributed by atoms with Crippen LogP contribution in [0.2, 0.25) is 0 Å². The van der Waals surface area contributed by atoms with Crippen molar-refractivity contribution < 1.29 is 22.7 Å². The number of aromatic nitrogens is 3. The summed E-state index contributed by atoms with van der Waals surface area (Å²) in [6, 6.07) is 2.84. The smallest absolute Gasteiger partial charge is 0.378 e. The minimum atomic E-state index is -4.63. The molecule has 1 aliphatic rings. The zero-order valence-electron chi connectivity index (χ0n) is 13.8. The van der Waals surface area contributed by atoms with Crippen molar-refractivity contribution in [1.82, 2.24) is 20.1 Å². The molecule has 1 aromatic carbocycles. The number of amides is 2. The van der Waals surface area contributed by atoms with Gasteiger partial charge >= 0.3 is 12.2 Å². The summed E-state index contributed by atoms with van der Waals surface area (Å²) in [6.07, 6.45) is 0.543. The Morgan fingerprint density at radius 1 is 1.38 bits per heavy atom. The fourth-order valence-corrected chi connectivity index (χ4v) is 2.75. The van der Waals surface area contributed by atoms with Crippen molar-refractivity contribution in [3.63, 3.8) is 0 Å². The Labute approximate surface area is 147 Å². The molecule has 2 N–H and O–H groups in total. The number of ether oxygens (including phenoxy) is 1. The van der Waals surface area contributed by atoms with E-state index in [4.69, 9.17) is 4.74 Å². The molecule has 7 nitrogen and oxygen atoms in total. The summed E-state index contributed by atoms with van der Waals surface area (Å²) in [4.78, 5) is 15.6. The Hall–Kier alpha value is -2.62. The number of rotatable bonds is 5. The number of halogens is 3. The number of carbonyl (C=O) groups excluding carboxylic acids is 1. The van der Waals surface area contributed by atoms with Gasteiger partial charge in [-0.3, -0.25) is 0 Å². The van der Waals surface area contributed by atoms with E-state index in [1.54, 1.807) is 0 Å². The van der Waals surface area contributed by atoms with Gasteiger partial charge in [-0.05, 0) is 37.5 Å². The number of anilines is 1. The van der Waals surface area contributed by atoms with Crippen LogP contribution in [0.5, 0.6) is 0 Å². The van der Waals surface area contributed by atoms with Crippen molar-refractivity contribution in [3.05, 3.63) is 36.4 Å². The quantitative estimate of drug-likeness (QED) is 0.849. The summed E-state index contributed by atoms with van der Waals surface area (Å²) < 4.78 is 46.7. The monoisotopic (exact) mass is 369 g/mol. The molecule has 3 rings (SSSR count). The molecule has 1 aromatic heterocycles. The maximum Gasteiger partial charge on any atom is 0.418 e. The second-order valence-electron chi connectivity index (χ2n) is 5.87. The third kappa shape index (κ3) is 4.51. The highest BCUT2D eigenvalue weighted by molar-refractivity contribution is 5.90. The zero-order chi connectivity index (χ0) is 18.6. The SMILES string of the molecule is O=C(NCCC1CCCO1)Nc1ccc(-n2cncn2)cc1C(F)(F)F. The molecular formula is C16H18F3N5O2. The van der Waals surface area contributed by atoms with E-state index >= 15 is 0 Å². The van der Waals surface area contributed by atoms with Crippen LogP contribution in [0.15, 0.2) is 30.9 Å². The maximum absolute atomic E-state index is 13.3. The highest BCUT2D eigenvalue weighted by atomic mass is 19.4. The van der Waals surface area contributed by atoms with Crippen molar-refractivity contribution in [1.29, 1.82) is 0 Å².